The molecule has 0 saturated heterocycles. The van der Waals surface area contributed by atoms with E-state index in [9.17, 15) is 13.6 Å². The molecule has 0 aliphatic carbocycles. The maximum absolute atomic E-state index is 13.8. The van der Waals surface area contributed by atoms with E-state index in [1.165, 1.54) is 12.1 Å². The van der Waals surface area contributed by atoms with E-state index < -0.39 is 23.2 Å². The second-order valence-electron chi connectivity index (χ2n) is 6.07. The molecule has 2 N–H and O–H groups in total. The number of ether oxygens (including phenoxy) is 1. The monoisotopic (exact) mass is 384 g/mol. The van der Waals surface area contributed by atoms with Crippen LogP contribution in [0.1, 0.15) is 21.9 Å². The molecule has 0 spiro atoms. The summed E-state index contributed by atoms with van der Waals surface area (Å²) in [5.74, 6) is -1.25. The quantitative estimate of drug-likeness (QED) is 0.683. The number of hydrogen-bond acceptors (Lipinski definition) is 5. The Balaban J connectivity index is 1.89. The van der Waals surface area contributed by atoms with Gasteiger partial charge in [-0.2, -0.15) is 0 Å². The van der Waals surface area contributed by atoms with Crippen LogP contribution in [0.15, 0.2) is 42.5 Å². The number of halogens is 2. The van der Waals surface area contributed by atoms with Crippen molar-refractivity contribution in [3.05, 3.63) is 71.2 Å². The Morgan fingerprint density at radius 1 is 1.04 bits per heavy atom. The van der Waals surface area contributed by atoms with E-state index in [1.807, 2.05) is 19.1 Å². The highest BCUT2D eigenvalue weighted by atomic mass is 19.1. The topological polar surface area (TPSA) is 76.1 Å². The summed E-state index contributed by atoms with van der Waals surface area (Å²) in [5, 5.41) is 5.30. The maximum atomic E-state index is 13.8. The molecule has 1 amide bonds. The fourth-order valence-electron chi connectivity index (χ4n) is 2.60. The van der Waals surface area contributed by atoms with E-state index in [0.29, 0.717) is 23.1 Å². The maximum Gasteiger partial charge on any atom is 0.274 e. The van der Waals surface area contributed by atoms with Gasteiger partial charge in [0.25, 0.3) is 5.91 Å². The zero-order chi connectivity index (χ0) is 20.3. The number of nitrogens with zero attached hydrogens (tertiary/aromatic N) is 2. The number of aromatic nitrogens is 2. The van der Waals surface area contributed by atoms with Gasteiger partial charge in [-0.25, -0.2) is 18.7 Å². The van der Waals surface area contributed by atoms with E-state index in [-0.39, 0.29) is 5.69 Å². The van der Waals surface area contributed by atoms with Crippen LogP contribution in [0.4, 0.5) is 26.0 Å². The number of anilines is 3. The van der Waals surface area contributed by atoms with E-state index in [0.717, 1.165) is 17.7 Å². The first-order valence-electron chi connectivity index (χ1n) is 8.40. The van der Waals surface area contributed by atoms with Gasteiger partial charge in [-0.15, -0.1) is 0 Å². The summed E-state index contributed by atoms with van der Waals surface area (Å²) in [6, 6.07) is 10.3. The minimum Gasteiger partial charge on any atom is -0.495 e. The molecule has 0 saturated carbocycles. The summed E-state index contributed by atoms with van der Waals surface area (Å²) in [6.45, 7) is 3.54. The number of carbonyl (C=O) groups excluding carboxylic acids is 1. The number of carbonyl (C=O) groups is 1. The standard InChI is InChI=1S/C20H18F2N4O2/c1-11-7-8-17(28-3)15(9-11)25-18-10-16(23-12(2)24-18)20(27)26-19-13(21)5-4-6-14(19)22/h4-10H,1-3H3,(H,26,27)(H,23,24,25). The molecule has 3 rings (SSSR count). The third-order valence-corrected chi connectivity index (χ3v) is 3.89. The van der Waals surface area contributed by atoms with Crippen molar-refractivity contribution in [3.8, 4) is 5.75 Å². The SMILES string of the molecule is COc1ccc(C)cc1Nc1cc(C(=O)Nc2c(F)cccc2F)nc(C)n1. The van der Waals surface area contributed by atoms with Gasteiger partial charge < -0.3 is 15.4 Å². The number of amides is 1. The highest BCUT2D eigenvalue weighted by molar-refractivity contribution is 6.03. The molecule has 2 aromatic carbocycles. The van der Waals surface area contributed by atoms with E-state index in [1.54, 1.807) is 20.1 Å². The normalized spacial score (nSPS) is 10.5. The largest absolute Gasteiger partial charge is 0.495 e. The molecular formula is C20H18F2N4O2. The Hall–Kier alpha value is -3.55. The smallest absolute Gasteiger partial charge is 0.274 e. The van der Waals surface area contributed by atoms with Crippen LogP contribution in [-0.4, -0.2) is 23.0 Å². The molecule has 0 bridgehead atoms. The fourth-order valence-corrected chi connectivity index (χ4v) is 2.60. The van der Waals surface area contributed by atoms with Crippen molar-refractivity contribution < 1.29 is 18.3 Å². The molecule has 1 heterocycles. The van der Waals surface area contributed by atoms with Gasteiger partial charge in [0.2, 0.25) is 0 Å². The van der Waals surface area contributed by atoms with Crippen molar-refractivity contribution in [3.63, 3.8) is 0 Å². The predicted molar refractivity (Wildman–Crippen MR) is 102 cm³/mol. The van der Waals surface area contributed by atoms with E-state index in [2.05, 4.69) is 20.6 Å². The van der Waals surface area contributed by atoms with Crippen molar-refractivity contribution in [1.29, 1.82) is 0 Å². The lowest BCUT2D eigenvalue weighted by molar-refractivity contribution is 0.102. The Kier molecular flexibility index (Phi) is 5.49. The van der Waals surface area contributed by atoms with Gasteiger partial charge in [0, 0.05) is 6.07 Å². The molecule has 0 unspecified atom stereocenters. The number of aryl methyl sites for hydroxylation is 2. The first-order chi connectivity index (χ1) is 13.4. The molecule has 0 aliphatic heterocycles. The summed E-state index contributed by atoms with van der Waals surface area (Å²) in [5.41, 5.74) is 1.09. The van der Waals surface area contributed by atoms with Gasteiger partial charge in [0.05, 0.1) is 12.8 Å². The van der Waals surface area contributed by atoms with Gasteiger partial charge in [0.15, 0.2) is 0 Å². The van der Waals surface area contributed by atoms with Crippen molar-refractivity contribution in [2.24, 2.45) is 0 Å². The van der Waals surface area contributed by atoms with Gasteiger partial charge in [-0.3, -0.25) is 4.79 Å². The molecule has 3 aromatic rings. The lowest BCUT2D eigenvalue weighted by Crippen LogP contribution is -2.17. The molecule has 0 radical (unpaired) electrons. The van der Waals surface area contributed by atoms with Gasteiger partial charge in [0.1, 0.15) is 40.4 Å². The number of benzene rings is 2. The Bertz CT molecular complexity index is 1020. The number of nitrogens with one attached hydrogen (secondary N) is 2. The summed E-state index contributed by atoms with van der Waals surface area (Å²) in [6.07, 6.45) is 0. The average molecular weight is 384 g/mol. The van der Waals surface area contributed by atoms with Gasteiger partial charge in [-0.05, 0) is 43.7 Å². The Labute approximate surface area is 160 Å². The first kappa shape index (κ1) is 19.2. The molecule has 1 aromatic heterocycles. The lowest BCUT2D eigenvalue weighted by Gasteiger charge is -2.13. The van der Waals surface area contributed by atoms with Crippen LogP contribution in [0.5, 0.6) is 5.75 Å². The minimum atomic E-state index is -0.873. The van der Waals surface area contributed by atoms with Crippen molar-refractivity contribution in [1.82, 2.24) is 9.97 Å². The summed E-state index contributed by atoms with van der Waals surface area (Å²) in [7, 11) is 1.54. The molecule has 0 aliphatic rings. The average Bonchev–Trinajstić information content (AvgIpc) is 2.64. The van der Waals surface area contributed by atoms with Crippen LogP contribution < -0.4 is 15.4 Å². The molecule has 6 nitrogen and oxygen atoms in total. The second kappa shape index (κ2) is 7.99. The minimum absolute atomic E-state index is 0.0377. The number of rotatable bonds is 5. The van der Waals surface area contributed by atoms with Crippen LogP contribution in [0.2, 0.25) is 0 Å². The Morgan fingerprint density at radius 2 is 1.75 bits per heavy atom. The summed E-state index contributed by atoms with van der Waals surface area (Å²) in [4.78, 5) is 20.8. The van der Waals surface area contributed by atoms with Crippen molar-refractivity contribution >= 4 is 23.1 Å². The zero-order valence-corrected chi connectivity index (χ0v) is 15.5. The lowest BCUT2D eigenvalue weighted by atomic mass is 10.2. The molecular weight excluding hydrogens is 366 g/mol. The van der Waals surface area contributed by atoms with E-state index in [4.69, 9.17) is 4.74 Å². The molecule has 0 fully saturated rings. The Morgan fingerprint density at radius 3 is 2.43 bits per heavy atom. The van der Waals surface area contributed by atoms with Gasteiger partial charge in [-0.1, -0.05) is 12.1 Å². The highest BCUT2D eigenvalue weighted by Gasteiger charge is 2.16. The summed E-state index contributed by atoms with van der Waals surface area (Å²) >= 11 is 0. The molecule has 28 heavy (non-hydrogen) atoms. The van der Waals surface area contributed by atoms with Crippen LogP contribution >= 0.6 is 0 Å². The van der Waals surface area contributed by atoms with Crippen LogP contribution in [0, 0.1) is 25.5 Å². The second-order valence-corrected chi connectivity index (χ2v) is 6.07. The first-order valence-corrected chi connectivity index (χ1v) is 8.40. The van der Waals surface area contributed by atoms with Crippen molar-refractivity contribution in [2.45, 2.75) is 13.8 Å². The van der Waals surface area contributed by atoms with Gasteiger partial charge >= 0.3 is 0 Å². The zero-order valence-electron chi connectivity index (χ0n) is 15.5. The highest BCUT2D eigenvalue weighted by Crippen LogP contribution is 2.28. The predicted octanol–water partition coefficient (Wildman–Crippen LogP) is 4.38. The number of hydrogen-bond donors (Lipinski definition) is 2. The molecule has 144 valence electrons. The van der Waals surface area contributed by atoms with Crippen molar-refractivity contribution in [2.75, 3.05) is 17.7 Å². The number of para-hydroxylation sites is 1. The van der Waals surface area contributed by atoms with Crippen LogP contribution in [0.25, 0.3) is 0 Å². The third kappa shape index (κ3) is 4.22. The van der Waals surface area contributed by atoms with E-state index >= 15 is 0 Å². The number of methoxy groups -OCH3 is 1. The van der Waals surface area contributed by atoms with Crippen LogP contribution in [-0.2, 0) is 0 Å². The third-order valence-electron chi connectivity index (χ3n) is 3.89. The fraction of sp³-hybridized carbons (Fsp3) is 0.150. The summed E-state index contributed by atoms with van der Waals surface area (Å²) < 4.78 is 32.9. The van der Waals surface area contributed by atoms with Crippen LogP contribution in [0.3, 0.4) is 0 Å². The molecule has 0 atom stereocenters. The molecule has 8 heteroatoms.